The summed E-state index contributed by atoms with van der Waals surface area (Å²) in [6, 6.07) is 6.64. The van der Waals surface area contributed by atoms with Gasteiger partial charge >= 0.3 is 0 Å². The molecule has 34 heavy (non-hydrogen) atoms. The number of nitrogens with zero attached hydrogens (tertiary/aromatic N) is 3. The number of morpholine rings is 1. The van der Waals surface area contributed by atoms with Gasteiger partial charge in [0.1, 0.15) is 11.9 Å². The third-order valence-corrected chi connectivity index (χ3v) is 7.37. The first-order chi connectivity index (χ1) is 16.4. The van der Waals surface area contributed by atoms with Gasteiger partial charge in [-0.05, 0) is 57.0 Å². The number of nitriles is 1. The lowest BCUT2D eigenvalue weighted by Crippen LogP contribution is -2.37. The van der Waals surface area contributed by atoms with Crippen LogP contribution in [-0.2, 0) is 4.74 Å². The van der Waals surface area contributed by atoms with Crippen molar-refractivity contribution in [2.24, 2.45) is 0 Å². The Bertz CT molecular complexity index is 1070. The van der Waals surface area contributed by atoms with Gasteiger partial charge in [-0.15, -0.1) is 0 Å². The van der Waals surface area contributed by atoms with E-state index in [1.54, 1.807) is 24.0 Å². The first kappa shape index (κ1) is 26.3. The number of rotatable bonds is 10. The van der Waals surface area contributed by atoms with Gasteiger partial charge in [-0.3, -0.25) is 9.88 Å². The van der Waals surface area contributed by atoms with Gasteiger partial charge in [-0.25, -0.2) is 4.39 Å². The maximum absolute atomic E-state index is 13.6. The Kier molecular flexibility index (Phi) is 10.0. The molecule has 0 unspecified atom stereocenters. The van der Waals surface area contributed by atoms with Crippen molar-refractivity contribution in [2.45, 2.75) is 38.5 Å². The number of hydrogen-bond acceptors (Lipinski definition) is 7. The number of halogens is 2. The van der Waals surface area contributed by atoms with E-state index in [0.717, 1.165) is 67.9 Å². The van der Waals surface area contributed by atoms with E-state index in [2.05, 4.69) is 40.4 Å². The van der Waals surface area contributed by atoms with Crippen molar-refractivity contribution in [1.29, 1.82) is 5.26 Å². The van der Waals surface area contributed by atoms with E-state index in [0.29, 0.717) is 16.9 Å². The molecule has 2 heterocycles. The molecule has 0 atom stereocenters. The topological polar surface area (TPSA) is 73.2 Å². The Hall–Kier alpha value is -2.31. The largest absolute Gasteiger partial charge is 0.380 e. The van der Waals surface area contributed by atoms with Crippen LogP contribution in [0.25, 0.3) is 0 Å². The van der Waals surface area contributed by atoms with Crippen molar-refractivity contribution in [3.8, 4) is 6.07 Å². The molecular formula is C25H31ClFN5OS. The number of allylic oxidation sites excluding steroid dienone is 1. The van der Waals surface area contributed by atoms with Crippen molar-refractivity contribution < 1.29 is 9.13 Å². The monoisotopic (exact) mass is 503 g/mol. The summed E-state index contributed by atoms with van der Waals surface area (Å²) in [5.41, 5.74) is 3.69. The summed E-state index contributed by atoms with van der Waals surface area (Å²) < 4.78 is 19.1. The highest BCUT2D eigenvalue weighted by atomic mass is 35.5. The van der Waals surface area contributed by atoms with Crippen molar-refractivity contribution in [1.82, 2.24) is 15.2 Å². The van der Waals surface area contributed by atoms with E-state index >= 15 is 0 Å². The molecule has 1 saturated heterocycles. The zero-order valence-corrected chi connectivity index (χ0v) is 21.5. The SMILES string of the molecule is CCC(C)=C(NCCCN1CCOCC1)Sc1c(C)ncc(C#N)c1Nc1ccc(F)c(Cl)c1. The summed E-state index contributed by atoms with van der Waals surface area (Å²) in [5.74, 6) is -0.488. The number of anilines is 2. The molecule has 1 aromatic heterocycles. The Labute approximate surface area is 210 Å². The van der Waals surface area contributed by atoms with Gasteiger partial charge in [-0.1, -0.05) is 30.3 Å². The minimum absolute atomic E-state index is 0.0211. The zero-order chi connectivity index (χ0) is 24.5. The molecule has 2 aromatic rings. The summed E-state index contributed by atoms with van der Waals surface area (Å²) >= 11 is 7.54. The standard InChI is InChI=1S/C25H31ClFN5OS/c1-4-17(2)25(29-8-5-9-32-10-12-33-13-11-32)34-24-18(3)30-16-19(15-28)23(24)31-20-6-7-22(27)21(26)14-20/h6-7,14,16,29H,4-5,8-13H2,1-3H3,(H,30,31). The zero-order valence-electron chi connectivity index (χ0n) is 19.9. The molecule has 1 aliphatic heterocycles. The number of ether oxygens (including phenoxy) is 1. The molecule has 0 amide bonds. The first-order valence-electron chi connectivity index (χ1n) is 11.5. The van der Waals surface area contributed by atoms with Crippen LogP contribution in [0, 0.1) is 24.1 Å². The molecular weight excluding hydrogens is 473 g/mol. The van der Waals surface area contributed by atoms with Crippen LogP contribution in [0.2, 0.25) is 5.02 Å². The average molecular weight is 504 g/mol. The summed E-state index contributed by atoms with van der Waals surface area (Å²) in [4.78, 5) is 7.72. The van der Waals surface area contributed by atoms with Crippen LogP contribution in [-0.4, -0.2) is 49.3 Å². The molecule has 0 spiro atoms. The smallest absolute Gasteiger partial charge is 0.141 e. The Balaban J connectivity index is 1.79. The molecule has 1 fully saturated rings. The second kappa shape index (κ2) is 13.0. The normalized spacial score (nSPS) is 14.9. The highest BCUT2D eigenvalue weighted by Crippen LogP contribution is 2.39. The Morgan fingerprint density at radius 2 is 2.12 bits per heavy atom. The van der Waals surface area contributed by atoms with E-state index in [9.17, 15) is 9.65 Å². The maximum Gasteiger partial charge on any atom is 0.141 e. The quantitative estimate of drug-likeness (QED) is 0.311. The van der Waals surface area contributed by atoms with Crippen LogP contribution in [0.15, 0.2) is 39.9 Å². The van der Waals surface area contributed by atoms with Crippen molar-refractivity contribution in [3.63, 3.8) is 0 Å². The highest BCUT2D eigenvalue weighted by molar-refractivity contribution is 8.03. The third-order valence-electron chi connectivity index (χ3n) is 5.68. The number of aromatic nitrogens is 1. The molecule has 3 rings (SSSR count). The van der Waals surface area contributed by atoms with Gasteiger partial charge in [0.25, 0.3) is 0 Å². The molecule has 0 bridgehead atoms. The fourth-order valence-corrected chi connectivity index (χ4v) is 4.85. The number of thioether (sulfide) groups is 1. The molecule has 9 heteroatoms. The van der Waals surface area contributed by atoms with Gasteiger partial charge in [0.05, 0.1) is 45.1 Å². The van der Waals surface area contributed by atoms with Crippen LogP contribution in [0.5, 0.6) is 0 Å². The molecule has 182 valence electrons. The van der Waals surface area contributed by atoms with Crippen LogP contribution < -0.4 is 10.6 Å². The molecule has 1 aliphatic rings. The summed E-state index contributed by atoms with van der Waals surface area (Å²) in [5, 5.41) is 17.7. The Morgan fingerprint density at radius 1 is 1.35 bits per heavy atom. The molecule has 0 aliphatic carbocycles. The minimum atomic E-state index is -0.488. The second-order valence-corrected chi connectivity index (χ2v) is 9.55. The molecule has 2 N–H and O–H groups in total. The average Bonchev–Trinajstić information content (AvgIpc) is 2.85. The summed E-state index contributed by atoms with van der Waals surface area (Å²) in [6.45, 7) is 11.6. The van der Waals surface area contributed by atoms with Gasteiger partial charge in [0.15, 0.2) is 0 Å². The predicted molar refractivity (Wildman–Crippen MR) is 137 cm³/mol. The van der Waals surface area contributed by atoms with Crippen molar-refractivity contribution in [2.75, 3.05) is 44.7 Å². The number of nitrogens with one attached hydrogen (secondary N) is 2. The summed E-state index contributed by atoms with van der Waals surface area (Å²) in [7, 11) is 0. The van der Waals surface area contributed by atoms with Crippen LogP contribution in [0.1, 0.15) is 37.9 Å². The van der Waals surface area contributed by atoms with Crippen LogP contribution in [0.3, 0.4) is 0 Å². The summed E-state index contributed by atoms with van der Waals surface area (Å²) in [6.07, 6.45) is 3.48. The van der Waals surface area contributed by atoms with Gasteiger partial charge in [-0.2, -0.15) is 5.26 Å². The number of aryl methyl sites for hydroxylation is 1. The number of benzene rings is 1. The highest BCUT2D eigenvalue weighted by Gasteiger charge is 2.17. The minimum Gasteiger partial charge on any atom is -0.380 e. The predicted octanol–water partition coefficient (Wildman–Crippen LogP) is 5.84. The van der Waals surface area contributed by atoms with Crippen molar-refractivity contribution >= 4 is 34.7 Å². The van der Waals surface area contributed by atoms with E-state index in [-0.39, 0.29) is 5.02 Å². The van der Waals surface area contributed by atoms with E-state index < -0.39 is 5.82 Å². The lowest BCUT2D eigenvalue weighted by atomic mass is 10.2. The third kappa shape index (κ3) is 7.09. The van der Waals surface area contributed by atoms with Gasteiger partial charge in [0.2, 0.25) is 0 Å². The van der Waals surface area contributed by atoms with E-state index in [1.165, 1.54) is 17.7 Å². The molecule has 0 radical (unpaired) electrons. The number of hydrogen-bond donors (Lipinski definition) is 2. The van der Waals surface area contributed by atoms with E-state index in [1.807, 2.05) is 6.92 Å². The Morgan fingerprint density at radius 3 is 2.79 bits per heavy atom. The van der Waals surface area contributed by atoms with Gasteiger partial charge < -0.3 is 15.4 Å². The molecule has 6 nitrogen and oxygen atoms in total. The van der Waals surface area contributed by atoms with Gasteiger partial charge in [0, 0.05) is 31.5 Å². The lowest BCUT2D eigenvalue weighted by Gasteiger charge is -2.26. The molecule has 0 saturated carbocycles. The van der Waals surface area contributed by atoms with Crippen LogP contribution in [0.4, 0.5) is 15.8 Å². The number of pyridine rings is 1. The molecule has 1 aromatic carbocycles. The van der Waals surface area contributed by atoms with Crippen LogP contribution >= 0.6 is 23.4 Å². The van der Waals surface area contributed by atoms with Crippen molar-refractivity contribution in [3.05, 3.63) is 57.1 Å². The first-order valence-corrected chi connectivity index (χ1v) is 12.7. The fraction of sp³-hybridized carbons (Fsp3) is 0.440. The second-order valence-electron chi connectivity index (χ2n) is 8.13. The fourth-order valence-electron chi connectivity index (χ4n) is 3.51. The lowest BCUT2D eigenvalue weighted by molar-refractivity contribution is 0.0375. The van der Waals surface area contributed by atoms with E-state index in [4.69, 9.17) is 16.3 Å². The maximum atomic E-state index is 13.6.